The van der Waals surface area contributed by atoms with Gasteiger partial charge in [0, 0.05) is 54.7 Å². The van der Waals surface area contributed by atoms with Crippen LogP contribution in [0.15, 0.2) is 42.5 Å². The summed E-state index contributed by atoms with van der Waals surface area (Å²) < 4.78 is 14.4. The molecule has 8 heteroatoms. The van der Waals surface area contributed by atoms with Crippen LogP contribution < -0.4 is 20.4 Å². The molecular formula is C31H40N4O4. The van der Waals surface area contributed by atoms with Crippen LogP contribution in [0.5, 0.6) is 5.75 Å². The van der Waals surface area contributed by atoms with E-state index in [2.05, 4.69) is 45.5 Å². The van der Waals surface area contributed by atoms with Crippen molar-refractivity contribution in [2.75, 3.05) is 37.2 Å². The van der Waals surface area contributed by atoms with Crippen LogP contribution in [0.25, 0.3) is 22.2 Å². The SMILES string of the molecule is CCON(C)c1c(-c2ccc(NC(=O)NC3CCC3)cc2)n(C2CCC2)c2cc(OC3CCOCC3)ccc12. The number of carbonyl (C=O) groups is 1. The summed E-state index contributed by atoms with van der Waals surface area (Å²) in [6.07, 6.45) is 8.89. The van der Waals surface area contributed by atoms with E-state index in [0.29, 0.717) is 18.7 Å². The summed E-state index contributed by atoms with van der Waals surface area (Å²) in [4.78, 5) is 18.4. The summed E-state index contributed by atoms with van der Waals surface area (Å²) in [6.45, 7) is 4.10. The first kappa shape index (κ1) is 26.0. The van der Waals surface area contributed by atoms with Gasteiger partial charge in [-0.3, -0.25) is 9.90 Å². The predicted molar refractivity (Wildman–Crippen MR) is 155 cm³/mol. The number of hydrogen-bond donors (Lipinski definition) is 2. The molecule has 3 aromatic rings. The molecule has 1 saturated heterocycles. The summed E-state index contributed by atoms with van der Waals surface area (Å²) in [6, 6.07) is 15.2. The van der Waals surface area contributed by atoms with Crippen LogP contribution in [0.2, 0.25) is 0 Å². The van der Waals surface area contributed by atoms with Gasteiger partial charge in [-0.05, 0) is 69.7 Å². The van der Waals surface area contributed by atoms with Crippen LogP contribution in [0.4, 0.5) is 16.2 Å². The van der Waals surface area contributed by atoms with Gasteiger partial charge in [0.2, 0.25) is 0 Å². The van der Waals surface area contributed by atoms with Crippen molar-refractivity contribution in [2.45, 2.75) is 76.5 Å². The summed E-state index contributed by atoms with van der Waals surface area (Å²) >= 11 is 0. The average Bonchev–Trinajstić information content (AvgIpc) is 3.21. The molecule has 3 fully saturated rings. The van der Waals surface area contributed by atoms with Crippen LogP contribution in [0, 0.1) is 0 Å². The lowest BCUT2D eigenvalue weighted by atomic mass is 9.92. The quantitative estimate of drug-likeness (QED) is 0.302. The molecule has 2 amide bonds. The molecule has 0 radical (unpaired) electrons. The number of nitrogens with zero attached hydrogens (tertiary/aromatic N) is 2. The van der Waals surface area contributed by atoms with Crippen molar-refractivity contribution in [3.8, 4) is 17.0 Å². The van der Waals surface area contributed by atoms with Crippen LogP contribution in [0.1, 0.15) is 64.3 Å². The standard InChI is InChI=1S/C31H40N4O4/c1-3-38-34(2)30-27-15-14-26(39-25-16-18-37-19-17-25)20-28(27)35(24-8-5-9-24)29(30)21-10-12-23(13-11-21)33-31(36)32-22-6-4-7-22/h10-15,20,22,24-25H,3-9,16-19H2,1-2H3,(H2,32,33,36). The highest BCUT2D eigenvalue weighted by molar-refractivity contribution is 6.03. The fourth-order valence-corrected chi connectivity index (χ4v) is 5.83. The normalized spacial score (nSPS) is 18.4. The van der Waals surface area contributed by atoms with Gasteiger partial charge >= 0.3 is 6.03 Å². The van der Waals surface area contributed by atoms with Crippen LogP contribution in [-0.2, 0) is 9.57 Å². The number of hydrogen-bond acceptors (Lipinski definition) is 5. The van der Waals surface area contributed by atoms with Gasteiger partial charge in [0.15, 0.2) is 0 Å². The predicted octanol–water partition coefficient (Wildman–Crippen LogP) is 6.65. The van der Waals surface area contributed by atoms with Gasteiger partial charge in [0.1, 0.15) is 11.9 Å². The monoisotopic (exact) mass is 532 g/mol. The second kappa shape index (κ2) is 11.5. The van der Waals surface area contributed by atoms with Crippen molar-refractivity contribution >= 4 is 28.3 Å². The largest absolute Gasteiger partial charge is 0.490 e. The van der Waals surface area contributed by atoms with Crippen molar-refractivity contribution in [1.82, 2.24) is 9.88 Å². The zero-order valence-corrected chi connectivity index (χ0v) is 23.1. The second-order valence-electron chi connectivity index (χ2n) is 11.0. The Labute approximate surface area is 230 Å². The molecule has 0 bridgehead atoms. The number of nitrogens with one attached hydrogen (secondary N) is 2. The number of aromatic nitrogens is 1. The Hall–Kier alpha value is -3.23. The van der Waals surface area contributed by atoms with Crippen molar-refractivity contribution in [3.05, 3.63) is 42.5 Å². The van der Waals surface area contributed by atoms with E-state index in [9.17, 15) is 4.79 Å². The smallest absolute Gasteiger partial charge is 0.319 e. The third-order valence-electron chi connectivity index (χ3n) is 8.35. The first-order valence-electron chi connectivity index (χ1n) is 14.6. The Bertz CT molecular complexity index is 1290. The Morgan fingerprint density at radius 1 is 1.03 bits per heavy atom. The molecule has 2 aromatic carbocycles. The maximum atomic E-state index is 12.4. The van der Waals surface area contributed by atoms with Crippen LogP contribution >= 0.6 is 0 Å². The Kier molecular flexibility index (Phi) is 7.66. The summed E-state index contributed by atoms with van der Waals surface area (Å²) in [5.74, 6) is 0.904. The molecule has 3 aliphatic rings. The van der Waals surface area contributed by atoms with E-state index < -0.39 is 0 Å². The number of rotatable bonds is 9. The number of ether oxygens (including phenoxy) is 2. The van der Waals surface area contributed by atoms with Crippen LogP contribution in [-0.4, -0.2) is 49.6 Å². The van der Waals surface area contributed by atoms with Gasteiger partial charge < -0.3 is 24.7 Å². The first-order valence-corrected chi connectivity index (χ1v) is 14.6. The molecular weight excluding hydrogens is 492 g/mol. The third kappa shape index (κ3) is 5.45. The minimum atomic E-state index is -0.134. The topological polar surface area (TPSA) is 77.0 Å². The minimum Gasteiger partial charge on any atom is -0.490 e. The summed E-state index contributed by atoms with van der Waals surface area (Å²) in [5.41, 5.74) is 5.24. The molecule has 39 heavy (non-hydrogen) atoms. The zero-order chi connectivity index (χ0) is 26.8. The van der Waals surface area contributed by atoms with Crippen molar-refractivity contribution < 1.29 is 19.1 Å². The second-order valence-corrected chi connectivity index (χ2v) is 11.0. The molecule has 6 rings (SSSR count). The highest BCUT2D eigenvalue weighted by Crippen LogP contribution is 2.47. The lowest BCUT2D eigenvalue weighted by Crippen LogP contribution is -2.41. The molecule has 1 aromatic heterocycles. The molecule has 0 unspecified atom stereocenters. The van der Waals surface area contributed by atoms with Crippen LogP contribution in [0.3, 0.4) is 0 Å². The minimum absolute atomic E-state index is 0.134. The number of amides is 2. The fourth-order valence-electron chi connectivity index (χ4n) is 5.83. The van der Waals surface area contributed by atoms with E-state index in [0.717, 1.165) is 85.5 Å². The lowest BCUT2D eigenvalue weighted by molar-refractivity contribution is 0.0256. The van der Waals surface area contributed by atoms with Gasteiger partial charge in [0.05, 0.1) is 36.7 Å². The Balaban J connectivity index is 1.37. The van der Waals surface area contributed by atoms with E-state index in [-0.39, 0.29) is 12.1 Å². The Morgan fingerprint density at radius 3 is 2.41 bits per heavy atom. The van der Waals surface area contributed by atoms with Gasteiger partial charge in [-0.25, -0.2) is 4.79 Å². The van der Waals surface area contributed by atoms with Crippen molar-refractivity contribution in [3.63, 3.8) is 0 Å². The highest BCUT2D eigenvalue weighted by atomic mass is 16.7. The van der Waals surface area contributed by atoms with Crippen molar-refractivity contribution in [1.29, 1.82) is 0 Å². The number of anilines is 2. The van der Waals surface area contributed by atoms with E-state index >= 15 is 0 Å². The molecule has 2 aliphatic carbocycles. The van der Waals surface area contributed by atoms with Gasteiger partial charge in [-0.15, -0.1) is 0 Å². The summed E-state index contributed by atoms with van der Waals surface area (Å²) in [7, 11) is 1.99. The number of fused-ring (bicyclic) bond motifs is 1. The maximum Gasteiger partial charge on any atom is 0.319 e. The molecule has 208 valence electrons. The fraction of sp³-hybridized carbons (Fsp3) is 0.516. The summed E-state index contributed by atoms with van der Waals surface area (Å²) in [5, 5.41) is 9.09. The van der Waals surface area contributed by atoms with E-state index in [1.54, 1.807) is 0 Å². The van der Waals surface area contributed by atoms with E-state index in [1.165, 1.54) is 18.4 Å². The molecule has 8 nitrogen and oxygen atoms in total. The average molecular weight is 533 g/mol. The Morgan fingerprint density at radius 2 is 1.77 bits per heavy atom. The molecule has 0 spiro atoms. The van der Waals surface area contributed by atoms with Gasteiger partial charge in [0.25, 0.3) is 0 Å². The number of urea groups is 1. The third-order valence-corrected chi connectivity index (χ3v) is 8.35. The van der Waals surface area contributed by atoms with Gasteiger partial charge in [-0.1, -0.05) is 12.1 Å². The molecule has 2 N–H and O–H groups in total. The molecule has 2 heterocycles. The van der Waals surface area contributed by atoms with E-state index in [1.807, 2.05) is 31.2 Å². The maximum absolute atomic E-state index is 12.4. The molecule has 2 saturated carbocycles. The van der Waals surface area contributed by atoms with E-state index in [4.69, 9.17) is 14.3 Å². The van der Waals surface area contributed by atoms with Gasteiger partial charge in [-0.2, -0.15) is 0 Å². The molecule has 0 atom stereocenters. The number of hydroxylamine groups is 1. The highest BCUT2D eigenvalue weighted by Gasteiger charge is 2.30. The number of carbonyl (C=O) groups excluding carboxylic acids is 1. The lowest BCUT2D eigenvalue weighted by Gasteiger charge is -2.31. The zero-order valence-electron chi connectivity index (χ0n) is 23.1. The number of benzene rings is 2. The van der Waals surface area contributed by atoms with Crippen molar-refractivity contribution in [2.24, 2.45) is 0 Å². The first-order chi connectivity index (χ1) is 19.1. The molecule has 1 aliphatic heterocycles.